The van der Waals surface area contributed by atoms with Gasteiger partial charge >= 0.3 is 0 Å². The molecule has 2 aromatic rings. The number of rotatable bonds is 4. The van der Waals surface area contributed by atoms with E-state index in [0.717, 1.165) is 27.3 Å². The fourth-order valence-corrected chi connectivity index (χ4v) is 2.07. The number of para-hydroxylation sites is 1. The van der Waals surface area contributed by atoms with Crippen molar-refractivity contribution >= 4 is 16.0 Å². The van der Waals surface area contributed by atoms with Gasteiger partial charge in [0.1, 0.15) is 17.3 Å². The molecule has 1 unspecified atom stereocenters. The molecule has 0 N–H and O–H groups in total. The van der Waals surface area contributed by atoms with Gasteiger partial charge in [0.25, 0.3) is 0 Å². The molecule has 0 amide bonds. The standard InChI is InChI=1S/C15H16O2Si/c1-11(16)15(18)12-6-5-9-14(10-12)17-13-7-3-2-4-8-13/h2-10,15H,1,18H3. The summed E-state index contributed by atoms with van der Waals surface area (Å²) < 4.78 is 5.75. The molecule has 0 aliphatic carbocycles. The van der Waals surface area contributed by atoms with Crippen LogP contribution in [0.5, 0.6) is 11.5 Å². The lowest BCUT2D eigenvalue weighted by Crippen LogP contribution is -2.08. The van der Waals surface area contributed by atoms with Gasteiger partial charge in [-0.25, -0.2) is 0 Å². The predicted molar refractivity (Wildman–Crippen MR) is 76.3 cm³/mol. The Morgan fingerprint density at radius 1 is 1.06 bits per heavy atom. The molecule has 92 valence electrons. The van der Waals surface area contributed by atoms with Crippen molar-refractivity contribution in [3.05, 3.63) is 60.2 Å². The molecule has 1 atom stereocenters. The SMILES string of the molecule is CC(=O)C([SiH3])c1cccc(Oc2ccccc2)c1. The summed E-state index contributed by atoms with van der Waals surface area (Å²) in [4.78, 5) is 11.4. The maximum absolute atomic E-state index is 11.4. The minimum Gasteiger partial charge on any atom is -0.457 e. The topological polar surface area (TPSA) is 26.3 Å². The molecule has 3 heteroatoms. The van der Waals surface area contributed by atoms with Gasteiger partial charge in [-0.2, -0.15) is 0 Å². The zero-order valence-electron chi connectivity index (χ0n) is 10.6. The van der Waals surface area contributed by atoms with E-state index in [9.17, 15) is 4.79 Å². The molecule has 0 saturated carbocycles. The van der Waals surface area contributed by atoms with Gasteiger partial charge in [-0.15, -0.1) is 0 Å². The molecule has 0 fully saturated rings. The van der Waals surface area contributed by atoms with E-state index in [4.69, 9.17) is 4.74 Å². The Morgan fingerprint density at radius 2 is 1.72 bits per heavy atom. The van der Waals surface area contributed by atoms with E-state index in [-0.39, 0.29) is 11.3 Å². The van der Waals surface area contributed by atoms with Crippen LogP contribution < -0.4 is 4.74 Å². The van der Waals surface area contributed by atoms with Gasteiger partial charge in [-0.05, 0) is 36.8 Å². The van der Waals surface area contributed by atoms with Crippen LogP contribution in [0.15, 0.2) is 54.6 Å². The van der Waals surface area contributed by atoms with Gasteiger partial charge in [-0.1, -0.05) is 30.3 Å². The second kappa shape index (κ2) is 5.64. The van der Waals surface area contributed by atoms with Crippen LogP contribution in [0.1, 0.15) is 18.0 Å². The Labute approximate surface area is 110 Å². The Hall–Kier alpha value is -1.87. The number of hydrogen-bond acceptors (Lipinski definition) is 2. The highest BCUT2D eigenvalue weighted by atomic mass is 28.1. The molecule has 0 aliphatic heterocycles. The molecule has 0 aromatic heterocycles. The van der Waals surface area contributed by atoms with Crippen LogP contribution >= 0.6 is 0 Å². The van der Waals surface area contributed by atoms with Crippen molar-refractivity contribution in [3.8, 4) is 11.5 Å². The van der Waals surface area contributed by atoms with Crippen LogP contribution in [0.2, 0.25) is 0 Å². The minimum absolute atomic E-state index is 0.0457. The van der Waals surface area contributed by atoms with Crippen molar-refractivity contribution in [1.29, 1.82) is 0 Å². The van der Waals surface area contributed by atoms with E-state index in [0.29, 0.717) is 0 Å². The number of ketones is 1. The summed E-state index contributed by atoms with van der Waals surface area (Å²) in [6.07, 6.45) is 0. The molecule has 0 aliphatic rings. The first kappa shape index (κ1) is 12.6. The van der Waals surface area contributed by atoms with Gasteiger partial charge < -0.3 is 4.74 Å². The van der Waals surface area contributed by atoms with Crippen molar-refractivity contribution in [2.75, 3.05) is 0 Å². The second-order valence-corrected chi connectivity index (χ2v) is 5.47. The molecule has 2 nitrogen and oxygen atoms in total. The number of hydrogen-bond donors (Lipinski definition) is 0. The average molecular weight is 256 g/mol. The lowest BCUT2D eigenvalue weighted by molar-refractivity contribution is -0.116. The molecule has 2 aromatic carbocycles. The number of ether oxygens (including phenoxy) is 1. The maximum atomic E-state index is 11.4. The molecular weight excluding hydrogens is 240 g/mol. The molecule has 0 heterocycles. The summed E-state index contributed by atoms with van der Waals surface area (Å²) in [5, 5.41) is 0. The highest BCUT2D eigenvalue weighted by molar-refractivity contribution is 6.24. The van der Waals surface area contributed by atoms with Crippen molar-refractivity contribution < 1.29 is 9.53 Å². The first-order chi connectivity index (χ1) is 8.66. The fraction of sp³-hybridized carbons (Fsp3) is 0.133. The summed E-state index contributed by atoms with van der Waals surface area (Å²) >= 11 is 0. The molecule has 0 spiro atoms. The lowest BCUT2D eigenvalue weighted by Gasteiger charge is -2.11. The normalized spacial score (nSPS) is 12.1. The van der Waals surface area contributed by atoms with Crippen LogP contribution in [0.3, 0.4) is 0 Å². The first-order valence-corrected chi connectivity index (χ1v) is 7.15. The third-order valence-corrected chi connectivity index (χ3v) is 4.43. The molecule has 2 rings (SSSR count). The predicted octanol–water partition coefficient (Wildman–Crippen LogP) is 2.47. The third-order valence-electron chi connectivity index (χ3n) is 2.95. The Kier molecular flexibility index (Phi) is 3.94. The molecule has 0 radical (unpaired) electrons. The summed E-state index contributed by atoms with van der Waals surface area (Å²) in [7, 11) is 0.827. The minimum atomic E-state index is 0.0457. The zero-order valence-corrected chi connectivity index (χ0v) is 12.6. The van der Waals surface area contributed by atoms with Crippen molar-refractivity contribution in [2.24, 2.45) is 0 Å². The van der Waals surface area contributed by atoms with E-state index in [2.05, 4.69) is 0 Å². The van der Waals surface area contributed by atoms with Crippen LogP contribution in [0, 0.1) is 0 Å². The number of carbonyl (C=O) groups excluding carboxylic acids is 1. The van der Waals surface area contributed by atoms with E-state index in [1.165, 1.54) is 0 Å². The highest BCUT2D eigenvalue weighted by Crippen LogP contribution is 2.24. The largest absolute Gasteiger partial charge is 0.457 e. The van der Waals surface area contributed by atoms with Gasteiger partial charge in [0.15, 0.2) is 0 Å². The summed E-state index contributed by atoms with van der Waals surface area (Å²) in [6, 6.07) is 17.4. The number of carbonyl (C=O) groups is 1. The van der Waals surface area contributed by atoms with Crippen molar-refractivity contribution in [2.45, 2.75) is 12.5 Å². The molecule has 18 heavy (non-hydrogen) atoms. The molecule has 0 bridgehead atoms. The van der Waals surface area contributed by atoms with Crippen LogP contribution in [-0.2, 0) is 4.79 Å². The van der Waals surface area contributed by atoms with Crippen LogP contribution in [0.4, 0.5) is 0 Å². The Bertz CT molecular complexity index is 537. The number of Topliss-reactive ketones (excluding diaryl/α,β-unsaturated/α-hetero) is 1. The van der Waals surface area contributed by atoms with E-state index >= 15 is 0 Å². The smallest absolute Gasteiger partial charge is 0.133 e. The van der Waals surface area contributed by atoms with Crippen molar-refractivity contribution in [3.63, 3.8) is 0 Å². The quantitative estimate of drug-likeness (QED) is 0.786. The van der Waals surface area contributed by atoms with Gasteiger partial charge in [0.05, 0.1) is 0 Å². The van der Waals surface area contributed by atoms with Gasteiger partial charge in [0.2, 0.25) is 0 Å². The van der Waals surface area contributed by atoms with Gasteiger partial charge in [-0.3, -0.25) is 4.79 Å². The Balaban J connectivity index is 2.20. The summed E-state index contributed by atoms with van der Waals surface area (Å²) in [5.74, 6) is 1.81. The van der Waals surface area contributed by atoms with E-state index in [1.54, 1.807) is 6.92 Å². The first-order valence-electron chi connectivity index (χ1n) is 6.00. The van der Waals surface area contributed by atoms with Gasteiger partial charge in [0, 0.05) is 15.8 Å². The average Bonchev–Trinajstić information content (AvgIpc) is 2.39. The fourth-order valence-electron chi connectivity index (χ4n) is 1.71. The number of benzene rings is 2. The zero-order chi connectivity index (χ0) is 13.0. The summed E-state index contributed by atoms with van der Waals surface area (Å²) in [6.45, 7) is 1.64. The lowest BCUT2D eigenvalue weighted by atomic mass is 10.1. The van der Waals surface area contributed by atoms with Crippen LogP contribution in [-0.4, -0.2) is 16.0 Å². The third kappa shape index (κ3) is 3.08. The maximum Gasteiger partial charge on any atom is 0.133 e. The molecule has 0 saturated heterocycles. The summed E-state index contributed by atoms with van der Waals surface area (Å²) in [5.41, 5.74) is 1.09. The monoisotopic (exact) mass is 256 g/mol. The van der Waals surface area contributed by atoms with E-state index in [1.807, 2.05) is 54.6 Å². The Morgan fingerprint density at radius 3 is 2.39 bits per heavy atom. The molecular formula is C15H16O2Si. The van der Waals surface area contributed by atoms with Crippen LogP contribution in [0.25, 0.3) is 0 Å². The van der Waals surface area contributed by atoms with Crippen molar-refractivity contribution in [1.82, 2.24) is 0 Å². The van der Waals surface area contributed by atoms with E-state index < -0.39 is 0 Å². The highest BCUT2D eigenvalue weighted by Gasteiger charge is 2.11. The second-order valence-electron chi connectivity index (χ2n) is 4.32.